The van der Waals surface area contributed by atoms with Crippen LogP contribution < -0.4 is 20.3 Å². The molecule has 5 rings (SSSR count). The molecule has 0 fully saturated rings. The number of ether oxygens (including phenoxy) is 2. The highest BCUT2D eigenvalue weighted by molar-refractivity contribution is 5.78. The van der Waals surface area contributed by atoms with Crippen LogP contribution in [0.3, 0.4) is 0 Å². The summed E-state index contributed by atoms with van der Waals surface area (Å²) in [5.74, 6) is 1.20. The Hall–Kier alpha value is -4.14. The minimum atomic E-state index is -0.317. The van der Waals surface area contributed by atoms with Gasteiger partial charge in [-0.2, -0.15) is 5.10 Å². The van der Waals surface area contributed by atoms with E-state index in [1.54, 1.807) is 4.68 Å². The smallest absolute Gasteiger partial charge is 0.264 e. The summed E-state index contributed by atoms with van der Waals surface area (Å²) in [7, 11) is 0. The first-order valence-electron chi connectivity index (χ1n) is 11.2. The largest absolute Gasteiger partial charge is 0.486 e. The van der Waals surface area contributed by atoms with Gasteiger partial charge in [-0.05, 0) is 35.7 Å². The first-order valence-corrected chi connectivity index (χ1v) is 11.2. The molecular weight excluding hydrogens is 434 g/mol. The van der Waals surface area contributed by atoms with Crippen LogP contribution in [-0.2, 0) is 11.3 Å². The first-order chi connectivity index (χ1) is 16.5. The van der Waals surface area contributed by atoms with Crippen molar-refractivity contribution in [1.29, 1.82) is 0 Å². The van der Waals surface area contributed by atoms with Crippen LogP contribution in [0.4, 0.5) is 0 Å². The lowest BCUT2D eigenvalue weighted by molar-refractivity contribution is -0.122. The van der Waals surface area contributed by atoms with Crippen molar-refractivity contribution in [1.82, 2.24) is 24.6 Å². The molecule has 0 spiro atoms. The highest BCUT2D eigenvalue weighted by Crippen LogP contribution is 2.34. The van der Waals surface area contributed by atoms with Gasteiger partial charge in [0.1, 0.15) is 31.5 Å². The second kappa shape index (κ2) is 9.01. The molecule has 0 saturated carbocycles. The highest BCUT2D eigenvalue weighted by atomic mass is 16.6. The molecule has 1 aliphatic heterocycles. The van der Waals surface area contributed by atoms with Gasteiger partial charge in [-0.25, -0.2) is 9.67 Å². The van der Waals surface area contributed by atoms with Crippen LogP contribution >= 0.6 is 0 Å². The predicted octanol–water partition coefficient (Wildman–Crippen LogP) is 2.87. The summed E-state index contributed by atoms with van der Waals surface area (Å²) in [6.07, 6.45) is 2.87. The first kappa shape index (κ1) is 21.7. The van der Waals surface area contributed by atoms with Crippen molar-refractivity contribution in [3.63, 3.8) is 0 Å². The Labute approximate surface area is 195 Å². The average Bonchev–Trinajstić information content (AvgIpc) is 3.29. The third kappa shape index (κ3) is 4.12. The number of rotatable bonds is 6. The van der Waals surface area contributed by atoms with Crippen molar-refractivity contribution < 1.29 is 14.3 Å². The summed E-state index contributed by atoms with van der Waals surface area (Å²) in [5.41, 5.74) is 1.85. The van der Waals surface area contributed by atoms with Gasteiger partial charge in [-0.1, -0.05) is 38.1 Å². The SMILES string of the molecule is CC(C)[C@@H](NC(=O)Cn1cnc2c(cnn2-c2ccccc2)c1=O)c1ccc2c(c1)OCCO2. The number of hydrogen-bond acceptors (Lipinski definition) is 6. The van der Waals surface area contributed by atoms with Crippen LogP contribution in [0.1, 0.15) is 25.5 Å². The molecular formula is C25H25N5O4. The molecule has 34 heavy (non-hydrogen) atoms. The van der Waals surface area contributed by atoms with E-state index in [0.717, 1.165) is 11.3 Å². The number of aromatic nitrogens is 4. The molecule has 4 aromatic rings. The number of benzene rings is 2. The Kier molecular flexibility index (Phi) is 5.75. The van der Waals surface area contributed by atoms with Gasteiger partial charge in [-0.3, -0.25) is 14.2 Å². The Morgan fingerprint density at radius 3 is 2.62 bits per heavy atom. The number of para-hydroxylation sites is 1. The third-order valence-electron chi connectivity index (χ3n) is 5.78. The Balaban J connectivity index is 1.36. The lowest BCUT2D eigenvalue weighted by atomic mass is 9.95. The van der Waals surface area contributed by atoms with Crippen molar-refractivity contribution >= 4 is 16.9 Å². The van der Waals surface area contributed by atoms with Gasteiger partial charge in [0.15, 0.2) is 17.1 Å². The maximum Gasteiger partial charge on any atom is 0.264 e. The van der Waals surface area contributed by atoms with E-state index in [4.69, 9.17) is 9.47 Å². The standard InChI is InChI=1S/C25H25N5O4/c1-16(2)23(17-8-9-20-21(12-17)34-11-10-33-20)28-22(31)14-29-15-26-24-19(25(29)32)13-27-30(24)18-6-4-3-5-7-18/h3-9,12-13,15-16,23H,10-11,14H2,1-2H3,(H,28,31)/t23-/m1/s1. The highest BCUT2D eigenvalue weighted by Gasteiger charge is 2.22. The molecule has 9 heteroatoms. The predicted molar refractivity (Wildman–Crippen MR) is 126 cm³/mol. The number of carbonyl (C=O) groups excluding carboxylic acids is 1. The fourth-order valence-corrected chi connectivity index (χ4v) is 4.08. The fraction of sp³-hybridized carbons (Fsp3) is 0.280. The van der Waals surface area contributed by atoms with Crippen molar-refractivity contribution in [2.24, 2.45) is 5.92 Å². The zero-order valence-corrected chi connectivity index (χ0v) is 19.0. The second-order valence-corrected chi connectivity index (χ2v) is 8.50. The van der Waals surface area contributed by atoms with E-state index < -0.39 is 0 Å². The number of hydrogen-bond donors (Lipinski definition) is 1. The van der Waals surface area contributed by atoms with Gasteiger partial charge >= 0.3 is 0 Å². The van der Waals surface area contributed by atoms with Crippen LogP contribution in [0.15, 0.2) is 65.8 Å². The van der Waals surface area contributed by atoms with Gasteiger partial charge in [0.05, 0.1) is 17.9 Å². The van der Waals surface area contributed by atoms with Crippen LogP contribution in [-0.4, -0.2) is 38.5 Å². The fourth-order valence-electron chi connectivity index (χ4n) is 4.08. The van der Waals surface area contributed by atoms with E-state index in [9.17, 15) is 9.59 Å². The van der Waals surface area contributed by atoms with E-state index in [2.05, 4.69) is 15.4 Å². The molecule has 3 heterocycles. The molecule has 0 unspecified atom stereocenters. The lowest BCUT2D eigenvalue weighted by Gasteiger charge is -2.25. The zero-order valence-electron chi connectivity index (χ0n) is 19.0. The van der Waals surface area contributed by atoms with Gasteiger partial charge in [0, 0.05) is 0 Å². The van der Waals surface area contributed by atoms with E-state index in [0.29, 0.717) is 35.7 Å². The molecule has 9 nitrogen and oxygen atoms in total. The molecule has 0 aliphatic carbocycles. The monoisotopic (exact) mass is 459 g/mol. The topological polar surface area (TPSA) is 100 Å². The van der Waals surface area contributed by atoms with Gasteiger partial charge < -0.3 is 14.8 Å². The molecule has 0 radical (unpaired) electrons. The third-order valence-corrected chi connectivity index (χ3v) is 5.78. The second-order valence-electron chi connectivity index (χ2n) is 8.50. The van der Waals surface area contributed by atoms with Crippen molar-refractivity contribution in [3.8, 4) is 17.2 Å². The number of nitrogens with zero attached hydrogens (tertiary/aromatic N) is 4. The summed E-state index contributed by atoms with van der Waals surface area (Å²) in [6, 6.07) is 14.9. The van der Waals surface area contributed by atoms with E-state index in [-0.39, 0.29) is 30.0 Å². The molecule has 0 bridgehead atoms. The van der Waals surface area contributed by atoms with Gasteiger partial charge in [0.2, 0.25) is 5.91 Å². The van der Waals surface area contributed by atoms with Crippen molar-refractivity contribution in [3.05, 3.63) is 77.0 Å². The normalized spacial score (nSPS) is 13.7. The van der Waals surface area contributed by atoms with Crippen LogP contribution in [0.2, 0.25) is 0 Å². The molecule has 2 aromatic heterocycles. The molecule has 174 valence electrons. The average molecular weight is 460 g/mol. The molecule has 1 N–H and O–H groups in total. The van der Waals surface area contributed by atoms with Crippen LogP contribution in [0.25, 0.3) is 16.7 Å². The maximum atomic E-state index is 13.0. The van der Waals surface area contributed by atoms with E-state index in [1.165, 1.54) is 17.1 Å². The summed E-state index contributed by atoms with van der Waals surface area (Å²) >= 11 is 0. The van der Waals surface area contributed by atoms with Gasteiger partial charge in [0.25, 0.3) is 5.56 Å². The van der Waals surface area contributed by atoms with Crippen LogP contribution in [0.5, 0.6) is 11.5 Å². The minimum Gasteiger partial charge on any atom is -0.486 e. The molecule has 1 aliphatic rings. The summed E-state index contributed by atoms with van der Waals surface area (Å²) in [5, 5.41) is 7.72. The zero-order chi connectivity index (χ0) is 23.7. The lowest BCUT2D eigenvalue weighted by Crippen LogP contribution is -2.36. The van der Waals surface area contributed by atoms with Crippen molar-refractivity contribution in [2.45, 2.75) is 26.4 Å². The number of nitrogens with one attached hydrogen (secondary N) is 1. The quantitative estimate of drug-likeness (QED) is 0.476. The molecule has 1 atom stereocenters. The minimum absolute atomic E-state index is 0.118. The summed E-state index contributed by atoms with van der Waals surface area (Å²) in [4.78, 5) is 30.4. The maximum absolute atomic E-state index is 13.0. The van der Waals surface area contributed by atoms with Gasteiger partial charge in [-0.15, -0.1) is 0 Å². The summed E-state index contributed by atoms with van der Waals surface area (Å²) < 4.78 is 14.2. The number of carbonyl (C=O) groups is 1. The molecule has 0 saturated heterocycles. The Bertz CT molecular complexity index is 1390. The van der Waals surface area contributed by atoms with Crippen molar-refractivity contribution in [2.75, 3.05) is 13.2 Å². The molecule has 1 amide bonds. The Morgan fingerprint density at radius 1 is 1.09 bits per heavy atom. The summed E-state index contributed by atoms with van der Waals surface area (Å²) in [6.45, 7) is 4.92. The molecule has 2 aromatic carbocycles. The van der Waals surface area contributed by atoms with Crippen LogP contribution in [0, 0.1) is 5.92 Å². The number of fused-ring (bicyclic) bond motifs is 2. The van der Waals surface area contributed by atoms with E-state index in [1.807, 2.05) is 62.4 Å². The number of amides is 1. The Morgan fingerprint density at radius 2 is 1.85 bits per heavy atom. The van der Waals surface area contributed by atoms with E-state index >= 15 is 0 Å².